The van der Waals surface area contributed by atoms with Crippen LogP contribution in [-0.4, -0.2) is 69.8 Å². The lowest BCUT2D eigenvalue weighted by Crippen LogP contribution is -2.70. The highest BCUT2D eigenvalue weighted by atomic mass is 19.1. The number of amides is 1. The summed E-state index contributed by atoms with van der Waals surface area (Å²) >= 11 is 0. The number of nitrogens with zero attached hydrogens (tertiary/aromatic N) is 3. The van der Waals surface area contributed by atoms with Crippen LogP contribution in [0.4, 0.5) is 10.1 Å². The monoisotopic (exact) mass is 954 g/mol. The molecule has 2 N–H and O–H groups in total. The number of fused-ring (bicyclic) bond motifs is 2. The molecule has 2 aliphatic carbocycles. The summed E-state index contributed by atoms with van der Waals surface area (Å²) in [6.07, 6.45) is 20.0. The first-order valence-corrected chi connectivity index (χ1v) is 25.8. The molecule has 1 fully saturated rings. The maximum atomic E-state index is 14.9. The summed E-state index contributed by atoms with van der Waals surface area (Å²) in [6.45, 7) is 9.21. The number of carbonyl (C=O) groups excluding carboxylic acids is 1. The van der Waals surface area contributed by atoms with Crippen molar-refractivity contribution in [2.45, 2.75) is 160 Å². The second-order valence-electron chi connectivity index (χ2n) is 19.0. The Kier molecular flexibility index (Phi) is 21.1. The van der Waals surface area contributed by atoms with Gasteiger partial charge in [0, 0.05) is 61.8 Å². The number of aliphatic hydroxyl groups excluding tert-OH is 2. The van der Waals surface area contributed by atoms with Gasteiger partial charge in [-0.3, -0.25) is 14.9 Å². The molecule has 1 amide bonds. The molecule has 6 atom stereocenters. The fraction of sp³-hybridized carbons (Fsp3) is 0.571. The van der Waals surface area contributed by atoms with Crippen molar-refractivity contribution in [2.75, 3.05) is 26.4 Å². The van der Waals surface area contributed by atoms with E-state index in [1.54, 1.807) is 36.4 Å². The molecule has 69 heavy (non-hydrogen) atoms. The highest BCUT2D eigenvalue weighted by Gasteiger charge is 2.65. The van der Waals surface area contributed by atoms with E-state index in [2.05, 4.69) is 26.5 Å². The number of hydrogen-bond donors (Lipinski definition) is 2. The fourth-order valence-corrected chi connectivity index (χ4v) is 10.8. The number of ether oxygens (including phenoxy) is 3. The van der Waals surface area contributed by atoms with Gasteiger partial charge in [0.1, 0.15) is 36.6 Å². The Bertz CT molecular complexity index is 2160. The third-order valence-corrected chi connectivity index (χ3v) is 14.2. The van der Waals surface area contributed by atoms with Crippen LogP contribution in [0.15, 0.2) is 96.2 Å². The van der Waals surface area contributed by atoms with Crippen molar-refractivity contribution in [3.8, 4) is 11.5 Å². The molecule has 3 aromatic rings. The predicted octanol–water partition coefficient (Wildman–Crippen LogP) is 12.3. The number of carbonyl (C=O) groups is 1. The van der Waals surface area contributed by atoms with E-state index in [1.807, 2.05) is 23.1 Å². The van der Waals surface area contributed by atoms with Crippen molar-refractivity contribution in [1.29, 1.82) is 0 Å². The van der Waals surface area contributed by atoms with Crippen LogP contribution >= 0.6 is 0 Å². The maximum absolute atomic E-state index is 14.9. The molecule has 0 spiro atoms. The number of rotatable bonds is 31. The second kappa shape index (κ2) is 27.3. The Morgan fingerprint density at radius 1 is 0.913 bits per heavy atom. The predicted molar refractivity (Wildman–Crippen MR) is 267 cm³/mol. The number of nitro groups is 1. The number of allylic oxidation sites excluding steroid dienone is 1. The van der Waals surface area contributed by atoms with Gasteiger partial charge in [-0.15, -0.1) is 6.58 Å². The molecule has 1 saturated carbocycles. The topological polar surface area (TPSA) is 153 Å². The quantitative estimate of drug-likeness (QED) is 0.0278. The molecule has 3 aromatic carbocycles. The van der Waals surface area contributed by atoms with E-state index in [1.165, 1.54) is 56.7 Å². The first kappa shape index (κ1) is 53.2. The molecule has 1 aliphatic heterocycles. The zero-order chi connectivity index (χ0) is 49.0. The Morgan fingerprint density at radius 2 is 1.62 bits per heavy atom. The van der Waals surface area contributed by atoms with Crippen molar-refractivity contribution in [3.05, 3.63) is 124 Å². The summed E-state index contributed by atoms with van der Waals surface area (Å²) in [4.78, 5) is 34.0. The molecule has 12 nitrogen and oxygen atoms in total. The van der Waals surface area contributed by atoms with E-state index in [4.69, 9.17) is 24.2 Å². The van der Waals surface area contributed by atoms with E-state index in [0.29, 0.717) is 60.6 Å². The third kappa shape index (κ3) is 13.8. The summed E-state index contributed by atoms with van der Waals surface area (Å²) in [5.41, 5.74) is 3.62. The van der Waals surface area contributed by atoms with Gasteiger partial charge in [-0.05, 0) is 97.9 Å². The molecule has 0 radical (unpaired) electrons. The van der Waals surface area contributed by atoms with Crippen LogP contribution in [0.2, 0.25) is 0 Å². The van der Waals surface area contributed by atoms with Crippen LogP contribution in [-0.2, 0) is 27.6 Å². The van der Waals surface area contributed by atoms with Crippen molar-refractivity contribution in [2.24, 2.45) is 22.9 Å². The maximum Gasteiger partial charge on any atom is 0.269 e. The Labute approximate surface area is 409 Å². The summed E-state index contributed by atoms with van der Waals surface area (Å²) in [5.74, 6) is -1.26. The lowest BCUT2D eigenvalue weighted by Gasteiger charge is -2.60. The number of aliphatic hydroxyl groups is 2. The molecule has 0 saturated heterocycles. The Morgan fingerprint density at radius 3 is 2.30 bits per heavy atom. The molecular weight excluding hydrogens is 878 g/mol. The van der Waals surface area contributed by atoms with E-state index < -0.39 is 22.7 Å². The minimum absolute atomic E-state index is 0.0125. The minimum Gasteiger partial charge on any atom is -0.489 e. The molecule has 6 rings (SSSR count). The fourth-order valence-electron chi connectivity index (χ4n) is 10.8. The van der Waals surface area contributed by atoms with Crippen LogP contribution in [0.25, 0.3) is 0 Å². The lowest BCUT2D eigenvalue weighted by molar-refractivity contribution is -0.384. The van der Waals surface area contributed by atoms with Gasteiger partial charge >= 0.3 is 0 Å². The molecule has 0 aromatic heterocycles. The number of unbranched alkanes of at least 4 members (excludes halogenated alkanes) is 10. The summed E-state index contributed by atoms with van der Waals surface area (Å²) in [6, 6.07) is 17.9. The largest absolute Gasteiger partial charge is 0.489 e. The molecule has 6 unspecified atom stereocenters. The normalized spacial score (nSPS) is 22.0. The number of non-ortho nitro benzene ring substituents is 1. The average Bonchev–Trinajstić information content (AvgIpc) is 3.35. The van der Waals surface area contributed by atoms with Crippen LogP contribution in [0, 0.1) is 33.7 Å². The first-order chi connectivity index (χ1) is 33.7. The van der Waals surface area contributed by atoms with Gasteiger partial charge in [-0.25, -0.2) is 4.39 Å². The first-order valence-electron chi connectivity index (χ1n) is 25.8. The smallest absolute Gasteiger partial charge is 0.269 e. The van der Waals surface area contributed by atoms with Crippen LogP contribution < -0.4 is 9.47 Å². The lowest BCUT2D eigenvalue weighted by atomic mass is 9.55. The molecule has 0 bridgehead atoms. The van der Waals surface area contributed by atoms with Crippen LogP contribution in [0.5, 0.6) is 11.5 Å². The number of oxime groups is 1. The molecule has 13 heteroatoms. The molecule has 1 heterocycles. The van der Waals surface area contributed by atoms with Crippen LogP contribution in [0.3, 0.4) is 0 Å². The number of nitro benzene ring substituents is 1. The molecule has 376 valence electrons. The van der Waals surface area contributed by atoms with Crippen molar-refractivity contribution >= 4 is 17.3 Å². The van der Waals surface area contributed by atoms with E-state index >= 15 is 0 Å². The standard InChI is InChI=1S/C56H76FN3O9/c1-4-7-8-9-10-11-12-13-14-25-53(63)59(32-5-2)52-38-50(58-68-39-41-26-28-44(29-27-41)60(64)65)47-36-42(21-17-19-33-61)46(23-18-20-34-62)54-48-37-45(66-40-43-22-15-16-24-49(43)57)30-31-51(48)69-56(52,55(47)54)67-35-6-3/h6,15-16,22,24,26-31,36-37,42,46,52,54-55,61-62H,3-5,7-14,17-21,23,25,32-35,38-40H2,1-2H3. The second-order valence-corrected chi connectivity index (χ2v) is 19.0. The highest BCUT2D eigenvalue weighted by molar-refractivity contribution is 6.03. The third-order valence-electron chi connectivity index (χ3n) is 14.2. The van der Waals surface area contributed by atoms with Crippen molar-refractivity contribution in [1.82, 2.24) is 4.90 Å². The van der Waals surface area contributed by atoms with Gasteiger partial charge in [-0.1, -0.05) is 114 Å². The summed E-state index contributed by atoms with van der Waals surface area (Å²) < 4.78 is 35.7. The van der Waals surface area contributed by atoms with Gasteiger partial charge in [0.25, 0.3) is 5.69 Å². The van der Waals surface area contributed by atoms with Gasteiger partial charge < -0.3 is 34.2 Å². The highest BCUT2D eigenvalue weighted by Crippen LogP contribution is 2.62. The summed E-state index contributed by atoms with van der Waals surface area (Å²) in [5, 5.41) is 36.3. The van der Waals surface area contributed by atoms with E-state index in [-0.39, 0.29) is 74.6 Å². The van der Waals surface area contributed by atoms with Gasteiger partial charge in [0.2, 0.25) is 11.7 Å². The molecular formula is C56H76FN3O9. The van der Waals surface area contributed by atoms with Crippen molar-refractivity contribution < 1.29 is 43.4 Å². The summed E-state index contributed by atoms with van der Waals surface area (Å²) in [7, 11) is 0. The Hall–Kier alpha value is -5.11. The SMILES string of the molecule is C=CCOC12Oc3ccc(OCc4ccccc4F)cc3C3C(CCCCO)C(CCCCO)C=C(C(=NOCc4ccc([N+](=O)[O-])cc4)CC1N(CCC)C(=O)CCCCCCCCCCC)C32. The van der Waals surface area contributed by atoms with E-state index in [9.17, 15) is 29.5 Å². The zero-order valence-electron chi connectivity index (χ0n) is 41.0. The number of benzene rings is 3. The van der Waals surface area contributed by atoms with Gasteiger partial charge in [0.15, 0.2) is 0 Å². The van der Waals surface area contributed by atoms with Crippen LogP contribution in [0.1, 0.15) is 152 Å². The van der Waals surface area contributed by atoms with Crippen molar-refractivity contribution in [3.63, 3.8) is 0 Å². The molecule has 3 aliphatic rings. The number of halogens is 1. The van der Waals surface area contributed by atoms with Gasteiger partial charge in [-0.2, -0.15) is 0 Å². The van der Waals surface area contributed by atoms with E-state index in [0.717, 1.165) is 56.1 Å². The Balaban J connectivity index is 1.46. The zero-order valence-corrected chi connectivity index (χ0v) is 41.0. The van der Waals surface area contributed by atoms with Gasteiger partial charge in [0.05, 0.1) is 23.2 Å². The average molecular weight is 954 g/mol. The minimum atomic E-state index is -1.39. The number of hydrogen-bond acceptors (Lipinski definition) is 10.